The molecule has 3 N–H and O–H groups in total. The Morgan fingerprint density at radius 1 is 1.35 bits per heavy atom. The third kappa shape index (κ3) is 3.77. The zero-order valence-electron chi connectivity index (χ0n) is 11.8. The van der Waals surface area contributed by atoms with Crippen molar-refractivity contribution in [3.05, 3.63) is 64.6 Å². The second-order valence-electron chi connectivity index (χ2n) is 4.59. The van der Waals surface area contributed by atoms with E-state index >= 15 is 0 Å². The maximum Gasteiger partial charge on any atom is 0.264 e. The number of nitrogens with one attached hydrogen (secondary N) is 1. The Kier molecular flexibility index (Phi) is 4.86. The van der Waals surface area contributed by atoms with Gasteiger partial charge in [0, 0.05) is 17.3 Å². The van der Waals surface area contributed by atoms with Crippen molar-refractivity contribution in [2.75, 3.05) is 4.72 Å². The minimum absolute atomic E-state index is 0.286. The van der Waals surface area contributed by atoms with Gasteiger partial charge >= 0.3 is 0 Å². The highest BCUT2D eigenvalue weighted by molar-refractivity contribution is 8.01. The first-order valence-electron chi connectivity index (χ1n) is 6.27. The summed E-state index contributed by atoms with van der Waals surface area (Å²) in [6.45, 7) is 1.64. The van der Waals surface area contributed by atoms with E-state index in [0.29, 0.717) is 22.8 Å². The van der Waals surface area contributed by atoms with E-state index in [-0.39, 0.29) is 10.5 Å². The Morgan fingerprint density at radius 3 is 2.65 bits per heavy atom. The predicted octanol–water partition coefficient (Wildman–Crippen LogP) is 3.02. The van der Waals surface area contributed by atoms with Crippen LogP contribution in [0, 0.1) is 18.7 Å². The van der Waals surface area contributed by atoms with Crippen molar-refractivity contribution in [2.45, 2.75) is 6.92 Å². The van der Waals surface area contributed by atoms with Gasteiger partial charge < -0.3 is 5.73 Å². The number of rotatable bonds is 4. The van der Waals surface area contributed by atoms with Gasteiger partial charge in [-0.2, -0.15) is 4.39 Å². The fraction of sp³-hybridized carbons (Fsp3) is 0.0714. The van der Waals surface area contributed by atoms with Crippen LogP contribution in [0.2, 0.25) is 5.02 Å². The third-order valence-electron chi connectivity index (χ3n) is 2.94. The minimum Gasteiger partial charge on any atom is -0.403 e. The molecule has 0 bridgehead atoms. The molecule has 0 aliphatic carbocycles. The first-order valence-corrected chi connectivity index (χ1v) is 8.13. The quantitative estimate of drug-likeness (QED) is 0.822. The molecular formula is C14H12ClF2N3O2S. The number of benzene rings is 1. The number of sulfonamides is 1. The average molecular weight is 360 g/mol. The summed E-state index contributed by atoms with van der Waals surface area (Å²) in [7, 11) is -4.26. The van der Waals surface area contributed by atoms with Crippen LogP contribution in [0.3, 0.4) is 0 Å². The second-order valence-corrected chi connectivity index (χ2v) is 6.67. The van der Waals surface area contributed by atoms with Gasteiger partial charge in [0.05, 0.1) is 6.20 Å². The van der Waals surface area contributed by atoms with Gasteiger partial charge in [0.15, 0.2) is 0 Å². The highest BCUT2D eigenvalue weighted by Gasteiger charge is 2.23. The first kappa shape index (κ1) is 17.2. The third-order valence-corrected chi connectivity index (χ3v) is 4.60. The van der Waals surface area contributed by atoms with Crippen molar-refractivity contribution >= 4 is 32.2 Å². The normalized spacial score (nSPS) is 12.3. The van der Waals surface area contributed by atoms with Gasteiger partial charge in [-0.15, -0.1) is 0 Å². The molecule has 1 aromatic heterocycles. The van der Waals surface area contributed by atoms with E-state index in [1.807, 2.05) is 4.72 Å². The molecule has 2 rings (SSSR count). The van der Waals surface area contributed by atoms with Gasteiger partial charge in [0.2, 0.25) is 5.95 Å². The lowest BCUT2D eigenvalue weighted by Crippen LogP contribution is -2.17. The molecule has 122 valence electrons. The molecule has 1 aromatic carbocycles. The van der Waals surface area contributed by atoms with Crippen LogP contribution in [-0.4, -0.2) is 13.4 Å². The molecule has 1 heterocycles. The largest absolute Gasteiger partial charge is 0.403 e. The van der Waals surface area contributed by atoms with E-state index in [0.717, 1.165) is 6.20 Å². The van der Waals surface area contributed by atoms with E-state index in [9.17, 15) is 17.2 Å². The summed E-state index contributed by atoms with van der Waals surface area (Å²) < 4.78 is 53.4. The zero-order valence-corrected chi connectivity index (χ0v) is 13.4. The minimum atomic E-state index is -4.26. The number of pyridine rings is 1. The molecule has 0 fully saturated rings. The summed E-state index contributed by atoms with van der Waals surface area (Å²) in [5, 5.41) is 0.424. The Morgan fingerprint density at radius 2 is 2.04 bits per heavy atom. The van der Waals surface area contributed by atoms with Crippen molar-refractivity contribution in [1.29, 1.82) is 0 Å². The Hall–Kier alpha value is -2.19. The molecule has 0 saturated carbocycles. The lowest BCUT2D eigenvalue weighted by atomic mass is 10.1. The fourth-order valence-corrected chi connectivity index (χ4v) is 3.39. The number of hydrogen-bond donors (Lipinski definition) is 2. The molecule has 0 aliphatic rings. The molecule has 0 amide bonds. The Bertz CT molecular complexity index is 886. The van der Waals surface area contributed by atoms with Crippen LogP contribution in [0.25, 0.3) is 4.91 Å². The van der Waals surface area contributed by atoms with Crippen molar-refractivity contribution < 1.29 is 17.2 Å². The molecule has 9 heteroatoms. The van der Waals surface area contributed by atoms with E-state index < -0.39 is 27.5 Å². The van der Waals surface area contributed by atoms with Gasteiger partial charge in [-0.1, -0.05) is 17.7 Å². The Balaban J connectivity index is 2.46. The van der Waals surface area contributed by atoms with Gasteiger partial charge in [-0.25, -0.2) is 17.8 Å². The molecule has 0 saturated heterocycles. The number of aryl methyl sites for hydroxylation is 1. The molecular weight excluding hydrogens is 348 g/mol. The molecule has 0 radical (unpaired) electrons. The van der Waals surface area contributed by atoms with Crippen molar-refractivity contribution in [2.24, 2.45) is 5.73 Å². The highest BCUT2D eigenvalue weighted by Crippen LogP contribution is 2.28. The van der Waals surface area contributed by atoms with Gasteiger partial charge in [0.25, 0.3) is 10.0 Å². The predicted molar refractivity (Wildman–Crippen MR) is 85.0 cm³/mol. The highest BCUT2D eigenvalue weighted by atomic mass is 35.5. The van der Waals surface area contributed by atoms with Crippen LogP contribution in [0.5, 0.6) is 0 Å². The number of nitrogens with zero attached hydrogens (tertiary/aromatic N) is 1. The number of aromatic nitrogens is 1. The van der Waals surface area contributed by atoms with Crippen LogP contribution in [0.1, 0.15) is 11.1 Å². The van der Waals surface area contributed by atoms with E-state index in [1.165, 1.54) is 12.1 Å². The van der Waals surface area contributed by atoms with E-state index in [4.69, 9.17) is 17.3 Å². The molecule has 0 atom stereocenters. The average Bonchev–Trinajstić information content (AvgIpc) is 2.45. The topological polar surface area (TPSA) is 85.1 Å². The van der Waals surface area contributed by atoms with Gasteiger partial charge in [-0.05, 0) is 30.2 Å². The maximum atomic E-state index is 13.5. The van der Waals surface area contributed by atoms with Gasteiger partial charge in [0.1, 0.15) is 16.4 Å². The lowest BCUT2D eigenvalue weighted by molar-refractivity contribution is 0.563. The van der Waals surface area contributed by atoms with E-state index in [1.54, 1.807) is 13.0 Å². The summed E-state index contributed by atoms with van der Waals surface area (Å²) in [6, 6.07) is 5.20. The van der Waals surface area contributed by atoms with Crippen LogP contribution < -0.4 is 10.5 Å². The number of anilines is 1. The van der Waals surface area contributed by atoms with Crippen LogP contribution in [-0.2, 0) is 10.0 Å². The molecule has 5 nitrogen and oxygen atoms in total. The van der Waals surface area contributed by atoms with E-state index in [2.05, 4.69) is 4.98 Å². The van der Waals surface area contributed by atoms with Crippen LogP contribution in [0.15, 0.2) is 36.7 Å². The van der Waals surface area contributed by atoms with Crippen molar-refractivity contribution in [3.63, 3.8) is 0 Å². The Labute approximate surface area is 136 Å². The molecule has 23 heavy (non-hydrogen) atoms. The fourth-order valence-electron chi connectivity index (χ4n) is 1.92. The zero-order chi connectivity index (χ0) is 17.2. The summed E-state index contributed by atoms with van der Waals surface area (Å²) >= 11 is 5.83. The molecule has 0 spiro atoms. The number of nitrogens with two attached hydrogens (primary N) is 1. The summed E-state index contributed by atoms with van der Waals surface area (Å²) in [4.78, 5) is 2.82. The SMILES string of the molecule is Cc1cc(Cl)ccc1/C(=C\N)S(=O)(=O)Nc1cc(F)cnc1F. The van der Waals surface area contributed by atoms with Crippen molar-refractivity contribution in [3.8, 4) is 0 Å². The monoisotopic (exact) mass is 359 g/mol. The van der Waals surface area contributed by atoms with Gasteiger partial charge in [-0.3, -0.25) is 4.72 Å². The smallest absolute Gasteiger partial charge is 0.264 e. The lowest BCUT2D eigenvalue weighted by Gasteiger charge is -2.13. The van der Waals surface area contributed by atoms with Crippen LogP contribution >= 0.6 is 11.6 Å². The first-order chi connectivity index (χ1) is 10.7. The molecule has 2 aromatic rings. The van der Waals surface area contributed by atoms with Crippen LogP contribution in [0.4, 0.5) is 14.5 Å². The van der Waals surface area contributed by atoms with Crippen molar-refractivity contribution in [1.82, 2.24) is 4.98 Å². The molecule has 0 unspecified atom stereocenters. The summed E-state index contributed by atoms with van der Waals surface area (Å²) in [5.41, 5.74) is 5.65. The summed E-state index contributed by atoms with van der Waals surface area (Å²) in [5.74, 6) is -2.04. The number of halogens is 3. The maximum absolute atomic E-state index is 13.5. The molecule has 0 aliphatic heterocycles. The summed E-state index contributed by atoms with van der Waals surface area (Å²) in [6.07, 6.45) is 1.50. The number of hydrogen-bond acceptors (Lipinski definition) is 4. The second kappa shape index (κ2) is 6.51. The standard InChI is InChI=1S/C14H12ClF2N3O2S/c1-8-4-9(15)2-3-11(8)13(6-18)23(21,22)20-12-5-10(16)7-19-14(12)17/h2-7,20H,18H2,1H3/b13-6+.